The van der Waals surface area contributed by atoms with E-state index in [0.29, 0.717) is 12.4 Å². The van der Waals surface area contributed by atoms with Gasteiger partial charge in [-0.15, -0.1) is 0 Å². The first-order chi connectivity index (χ1) is 9.00. The molecule has 1 aliphatic carbocycles. The summed E-state index contributed by atoms with van der Waals surface area (Å²) in [6.45, 7) is 6.75. The van der Waals surface area contributed by atoms with E-state index in [1.807, 2.05) is 0 Å². The van der Waals surface area contributed by atoms with Crippen molar-refractivity contribution in [1.29, 1.82) is 0 Å². The van der Waals surface area contributed by atoms with E-state index in [1.165, 1.54) is 0 Å². The van der Waals surface area contributed by atoms with E-state index in [1.54, 1.807) is 7.11 Å². The fourth-order valence-corrected chi connectivity index (χ4v) is 3.73. The number of Topliss-reactive ketones (excluding diaryl/α,β-unsaturated/α-hetero) is 1. The smallest absolute Gasteiger partial charge is 0.162 e. The van der Waals surface area contributed by atoms with Crippen molar-refractivity contribution in [3.05, 3.63) is 23.3 Å². The number of hydrogen-bond acceptors (Lipinski definition) is 2. The highest BCUT2D eigenvalue weighted by atomic mass is 127. The van der Waals surface area contributed by atoms with Crippen molar-refractivity contribution in [2.75, 3.05) is 13.7 Å². The highest BCUT2D eigenvalue weighted by molar-refractivity contribution is 14.1. The van der Waals surface area contributed by atoms with Gasteiger partial charge in [0.05, 0.1) is 15.9 Å². The number of hydrogen-bond donors (Lipinski definition) is 0. The number of unbranched alkanes of at least 4 members (excludes halogenated alkanes) is 1. The van der Waals surface area contributed by atoms with Gasteiger partial charge in [0.1, 0.15) is 0 Å². The Morgan fingerprint density at radius 3 is 2.47 bits per heavy atom. The second-order valence-electron chi connectivity index (χ2n) is 5.32. The van der Waals surface area contributed by atoms with Gasteiger partial charge in [-0.25, -0.2) is 0 Å². The number of ketones is 1. The van der Waals surface area contributed by atoms with Crippen LogP contribution in [0.25, 0.3) is 0 Å². The summed E-state index contributed by atoms with van der Waals surface area (Å²) in [4.78, 5) is 13.0. The van der Waals surface area contributed by atoms with E-state index < -0.39 is 5.41 Å². The van der Waals surface area contributed by atoms with Crippen LogP contribution in [0.3, 0.4) is 0 Å². The van der Waals surface area contributed by atoms with Gasteiger partial charge in [0, 0.05) is 7.11 Å². The maximum absolute atomic E-state index is 13.0. The van der Waals surface area contributed by atoms with E-state index in [0.717, 1.165) is 36.8 Å². The highest BCUT2D eigenvalue weighted by Gasteiger charge is 2.44. The van der Waals surface area contributed by atoms with Crippen molar-refractivity contribution in [3.63, 3.8) is 0 Å². The molecule has 0 saturated carbocycles. The largest absolute Gasteiger partial charge is 0.383 e. The molecule has 0 heterocycles. The number of methoxy groups -OCH3 is 1. The normalized spacial score (nSPS) is 19.6. The van der Waals surface area contributed by atoms with Gasteiger partial charge in [0.2, 0.25) is 0 Å². The van der Waals surface area contributed by atoms with Crippen LogP contribution in [0, 0.1) is 5.41 Å². The van der Waals surface area contributed by atoms with Crippen molar-refractivity contribution in [2.24, 2.45) is 5.41 Å². The van der Waals surface area contributed by atoms with Crippen molar-refractivity contribution in [3.8, 4) is 0 Å². The van der Waals surface area contributed by atoms with E-state index in [2.05, 4.69) is 55.5 Å². The number of carbonyl (C=O) groups is 1. The van der Waals surface area contributed by atoms with Crippen LogP contribution in [0.2, 0.25) is 0 Å². The van der Waals surface area contributed by atoms with Crippen LogP contribution in [0.15, 0.2) is 23.3 Å². The lowest BCUT2D eigenvalue weighted by Gasteiger charge is -2.37. The average Bonchev–Trinajstić information content (AvgIpc) is 2.39. The molecular weight excluding hydrogens is 351 g/mol. The minimum Gasteiger partial charge on any atom is -0.383 e. The molecule has 1 unspecified atom stereocenters. The monoisotopic (exact) mass is 376 g/mol. The van der Waals surface area contributed by atoms with Crippen LogP contribution in [-0.2, 0) is 9.53 Å². The molecule has 0 aromatic carbocycles. The molecule has 0 fully saturated rings. The summed E-state index contributed by atoms with van der Waals surface area (Å²) in [5.74, 6) is 0.311. The molecule has 0 saturated heterocycles. The second kappa shape index (κ2) is 7.58. The van der Waals surface area contributed by atoms with E-state index in [-0.39, 0.29) is 3.92 Å². The second-order valence-corrected chi connectivity index (χ2v) is 6.83. The standard InChI is InChI=1S/C16H25IO2/c1-5-6-10-14(17)15(18)16(11-19-4)12(2)8-7-9-13(16)3/h8-9,14H,5-7,10-11H2,1-4H3. The van der Waals surface area contributed by atoms with Crippen molar-refractivity contribution in [1.82, 2.24) is 0 Å². The Kier molecular flexibility index (Phi) is 6.74. The third kappa shape index (κ3) is 3.48. The molecule has 1 rings (SSSR count). The lowest BCUT2D eigenvalue weighted by Crippen LogP contribution is -2.43. The van der Waals surface area contributed by atoms with Gasteiger partial charge in [-0.3, -0.25) is 4.79 Å². The van der Waals surface area contributed by atoms with Crippen LogP contribution in [0.5, 0.6) is 0 Å². The minimum absolute atomic E-state index is 0.0671. The Hall–Kier alpha value is -0.160. The quantitative estimate of drug-likeness (QED) is 0.372. The summed E-state index contributed by atoms with van der Waals surface area (Å²) in [6.07, 6.45) is 8.45. The van der Waals surface area contributed by atoms with Gasteiger partial charge in [0.25, 0.3) is 0 Å². The molecule has 0 radical (unpaired) electrons. The number of carbonyl (C=O) groups excluding carboxylic acids is 1. The average molecular weight is 376 g/mol. The zero-order valence-corrected chi connectivity index (χ0v) is 14.6. The molecule has 3 heteroatoms. The molecular formula is C16H25IO2. The zero-order valence-electron chi connectivity index (χ0n) is 12.5. The lowest BCUT2D eigenvalue weighted by molar-refractivity contribution is -0.126. The first-order valence-corrected chi connectivity index (χ1v) is 8.27. The van der Waals surface area contributed by atoms with Gasteiger partial charge in [0.15, 0.2) is 5.78 Å². The highest BCUT2D eigenvalue weighted by Crippen LogP contribution is 2.42. The molecule has 108 valence electrons. The van der Waals surface area contributed by atoms with Crippen molar-refractivity contribution in [2.45, 2.75) is 50.4 Å². The molecule has 0 N–H and O–H groups in total. The lowest BCUT2D eigenvalue weighted by atomic mass is 9.68. The first kappa shape index (κ1) is 16.9. The molecule has 0 spiro atoms. The predicted molar refractivity (Wildman–Crippen MR) is 88.8 cm³/mol. The van der Waals surface area contributed by atoms with Crippen molar-refractivity contribution < 1.29 is 9.53 Å². The Morgan fingerprint density at radius 2 is 2.00 bits per heavy atom. The molecule has 19 heavy (non-hydrogen) atoms. The predicted octanol–water partition coefficient (Wildman–Crippen LogP) is 4.48. The van der Waals surface area contributed by atoms with Crippen LogP contribution in [0.4, 0.5) is 0 Å². The topological polar surface area (TPSA) is 26.3 Å². The number of allylic oxidation sites excluding steroid dienone is 2. The summed E-state index contributed by atoms with van der Waals surface area (Å²) in [5, 5.41) is 0. The van der Waals surface area contributed by atoms with Crippen LogP contribution < -0.4 is 0 Å². The fourth-order valence-electron chi connectivity index (χ4n) is 2.76. The molecule has 0 aromatic rings. The minimum atomic E-state index is -0.521. The van der Waals surface area contributed by atoms with Gasteiger partial charge in [-0.1, -0.05) is 65.7 Å². The van der Waals surface area contributed by atoms with E-state index in [9.17, 15) is 4.79 Å². The molecule has 0 aliphatic heterocycles. The summed E-state index contributed by atoms with van der Waals surface area (Å²) >= 11 is 2.30. The molecule has 0 bridgehead atoms. The van der Waals surface area contributed by atoms with Gasteiger partial charge in [-0.05, 0) is 26.7 Å². The van der Waals surface area contributed by atoms with Gasteiger partial charge in [-0.2, -0.15) is 0 Å². The summed E-state index contributed by atoms with van der Waals surface area (Å²) in [7, 11) is 1.68. The maximum Gasteiger partial charge on any atom is 0.162 e. The maximum atomic E-state index is 13.0. The third-order valence-corrected chi connectivity index (χ3v) is 5.26. The van der Waals surface area contributed by atoms with Crippen LogP contribution in [-0.4, -0.2) is 23.4 Å². The van der Waals surface area contributed by atoms with Crippen LogP contribution >= 0.6 is 22.6 Å². The summed E-state index contributed by atoms with van der Waals surface area (Å²) < 4.78 is 5.46. The first-order valence-electron chi connectivity index (χ1n) is 7.02. The third-order valence-electron chi connectivity index (χ3n) is 4.07. The molecule has 0 amide bonds. The molecule has 1 aliphatic rings. The Balaban J connectivity index is 3.04. The van der Waals surface area contributed by atoms with E-state index >= 15 is 0 Å². The number of rotatable bonds is 7. The number of ether oxygens (including phenoxy) is 1. The van der Waals surface area contributed by atoms with Gasteiger partial charge < -0.3 is 4.74 Å². The summed E-state index contributed by atoms with van der Waals surface area (Å²) in [6, 6.07) is 0. The van der Waals surface area contributed by atoms with E-state index in [4.69, 9.17) is 4.74 Å². The molecule has 1 atom stereocenters. The number of halogens is 1. The SMILES string of the molecule is CCCCC(I)C(=O)C1(COC)C(C)=CCC=C1C. The number of alkyl halides is 1. The van der Waals surface area contributed by atoms with Crippen LogP contribution in [0.1, 0.15) is 46.5 Å². The van der Waals surface area contributed by atoms with Crippen molar-refractivity contribution >= 4 is 28.4 Å². The fraction of sp³-hybridized carbons (Fsp3) is 0.688. The molecule has 0 aromatic heterocycles. The Labute approximate surface area is 130 Å². The Morgan fingerprint density at radius 1 is 1.42 bits per heavy atom. The summed E-state index contributed by atoms with van der Waals surface area (Å²) in [5.41, 5.74) is 1.78. The molecule has 2 nitrogen and oxygen atoms in total. The van der Waals surface area contributed by atoms with Gasteiger partial charge >= 0.3 is 0 Å². The Bertz CT molecular complexity index is 364. The zero-order chi connectivity index (χ0) is 14.5.